The molecule has 1 aliphatic heterocycles. The Morgan fingerprint density at radius 3 is 2.50 bits per heavy atom. The molecule has 1 heterocycles. The first-order valence-electron chi connectivity index (χ1n) is 8.06. The fraction of sp³-hybridized carbons (Fsp3) is 0.0952. The topological polar surface area (TPSA) is 49.9 Å². The quantitative estimate of drug-likeness (QED) is 0.380. The van der Waals surface area contributed by atoms with Crippen LogP contribution in [0.4, 0.5) is 5.69 Å². The number of rotatable bonds is 2. The van der Waals surface area contributed by atoms with Crippen LogP contribution in [-0.4, -0.2) is 0 Å². The van der Waals surface area contributed by atoms with Crippen molar-refractivity contribution in [3.63, 3.8) is 0 Å². The molecule has 4 rings (SSSR count). The second-order valence-corrected chi connectivity index (χ2v) is 7.08. The van der Waals surface area contributed by atoms with Crippen LogP contribution in [0.25, 0.3) is 31.7 Å². The number of fused-ring (bicyclic) bond motifs is 2. The highest BCUT2D eigenvalue weighted by molar-refractivity contribution is 7.21. The van der Waals surface area contributed by atoms with Crippen LogP contribution in [-0.2, 0) is 6.42 Å². The van der Waals surface area contributed by atoms with Gasteiger partial charge in [0.15, 0.2) is 0 Å². The van der Waals surface area contributed by atoms with Crippen LogP contribution in [0, 0.1) is 5.41 Å². The SMILES string of the molecule is CCc1ccc(-c2c3ccc(=N)cc-3sc3cc(N)ccc23)cc1. The predicted octanol–water partition coefficient (Wildman–Crippen LogP) is 5.30. The van der Waals surface area contributed by atoms with Gasteiger partial charge in [-0.3, -0.25) is 0 Å². The molecule has 0 amide bonds. The second-order valence-electron chi connectivity index (χ2n) is 5.99. The van der Waals surface area contributed by atoms with E-state index < -0.39 is 0 Å². The van der Waals surface area contributed by atoms with Gasteiger partial charge in [0.05, 0.1) is 5.36 Å². The van der Waals surface area contributed by atoms with Crippen LogP contribution in [0.5, 0.6) is 0 Å². The Labute approximate surface area is 145 Å². The molecule has 0 unspecified atom stereocenters. The zero-order valence-electron chi connectivity index (χ0n) is 13.5. The third-order valence-electron chi connectivity index (χ3n) is 4.40. The molecule has 0 saturated carbocycles. The molecule has 0 atom stereocenters. The molecule has 118 valence electrons. The number of hydrogen-bond donors (Lipinski definition) is 2. The van der Waals surface area contributed by atoms with Crippen molar-refractivity contribution in [1.29, 1.82) is 5.41 Å². The summed E-state index contributed by atoms with van der Waals surface area (Å²) in [6, 6.07) is 20.7. The Balaban J connectivity index is 2.11. The molecule has 2 nitrogen and oxygen atoms in total. The summed E-state index contributed by atoms with van der Waals surface area (Å²) in [7, 11) is 0. The van der Waals surface area contributed by atoms with E-state index in [4.69, 9.17) is 11.1 Å². The zero-order valence-corrected chi connectivity index (χ0v) is 14.3. The second kappa shape index (κ2) is 5.77. The van der Waals surface area contributed by atoms with Crippen LogP contribution in [0.2, 0.25) is 0 Å². The maximum Gasteiger partial charge on any atom is 0.0554 e. The van der Waals surface area contributed by atoms with Gasteiger partial charge in [0.1, 0.15) is 0 Å². The first-order chi connectivity index (χ1) is 11.7. The van der Waals surface area contributed by atoms with E-state index in [-0.39, 0.29) is 0 Å². The van der Waals surface area contributed by atoms with Crippen LogP contribution >= 0.6 is 11.3 Å². The molecule has 0 radical (unpaired) electrons. The monoisotopic (exact) mass is 330 g/mol. The molecule has 0 spiro atoms. The smallest absolute Gasteiger partial charge is 0.0554 e. The van der Waals surface area contributed by atoms with Gasteiger partial charge in [-0.2, -0.15) is 0 Å². The Morgan fingerprint density at radius 1 is 0.958 bits per heavy atom. The van der Waals surface area contributed by atoms with Crippen molar-refractivity contribution in [1.82, 2.24) is 0 Å². The Bertz CT molecular complexity index is 1060. The normalized spacial score (nSPS) is 11.2. The molecule has 3 heteroatoms. The first kappa shape index (κ1) is 14.9. The van der Waals surface area contributed by atoms with Crippen molar-refractivity contribution >= 4 is 27.1 Å². The van der Waals surface area contributed by atoms with Gasteiger partial charge in [0, 0.05) is 26.2 Å². The van der Waals surface area contributed by atoms with Gasteiger partial charge in [0.2, 0.25) is 0 Å². The largest absolute Gasteiger partial charge is 0.399 e. The minimum absolute atomic E-state index is 0.536. The fourth-order valence-electron chi connectivity index (χ4n) is 3.12. The Kier molecular flexibility index (Phi) is 3.58. The van der Waals surface area contributed by atoms with E-state index in [1.54, 1.807) is 11.3 Å². The van der Waals surface area contributed by atoms with Crippen molar-refractivity contribution in [2.45, 2.75) is 13.3 Å². The van der Waals surface area contributed by atoms with E-state index in [1.807, 2.05) is 24.3 Å². The van der Waals surface area contributed by atoms with Gasteiger partial charge in [-0.05, 0) is 47.4 Å². The third kappa shape index (κ3) is 2.47. The number of nitrogens with one attached hydrogen (secondary N) is 1. The Morgan fingerprint density at radius 2 is 1.75 bits per heavy atom. The van der Waals surface area contributed by atoms with Gasteiger partial charge in [0.25, 0.3) is 0 Å². The summed E-state index contributed by atoms with van der Waals surface area (Å²) < 4.78 is 1.16. The molecule has 3 N–H and O–H groups in total. The summed E-state index contributed by atoms with van der Waals surface area (Å²) in [5.41, 5.74) is 11.7. The average molecular weight is 330 g/mol. The van der Waals surface area contributed by atoms with Gasteiger partial charge in [-0.25, -0.2) is 0 Å². The van der Waals surface area contributed by atoms with E-state index in [1.165, 1.54) is 27.6 Å². The van der Waals surface area contributed by atoms with Crippen LogP contribution in [0.1, 0.15) is 12.5 Å². The predicted molar refractivity (Wildman–Crippen MR) is 104 cm³/mol. The van der Waals surface area contributed by atoms with Crippen molar-refractivity contribution in [3.8, 4) is 21.6 Å². The molecule has 0 aromatic heterocycles. The summed E-state index contributed by atoms with van der Waals surface area (Å²) in [6.45, 7) is 2.17. The standard InChI is InChI=1S/C21H18N2S/c1-2-13-3-5-14(6-4-13)21-17-9-7-15(22)11-19(17)24-20-12-16(23)8-10-18(20)21/h3-12,22H,2,23H2,1H3. The molecular weight excluding hydrogens is 312 g/mol. The number of nitrogen functional groups attached to an aromatic ring is 1. The van der Waals surface area contributed by atoms with Crippen LogP contribution in [0.15, 0.2) is 60.7 Å². The molecule has 0 fully saturated rings. The maximum atomic E-state index is 7.94. The zero-order chi connectivity index (χ0) is 16.7. The van der Waals surface area contributed by atoms with E-state index in [2.05, 4.69) is 43.3 Å². The third-order valence-corrected chi connectivity index (χ3v) is 5.51. The lowest BCUT2D eigenvalue weighted by atomic mass is 9.94. The van der Waals surface area contributed by atoms with Gasteiger partial charge >= 0.3 is 0 Å². The highest BCUT2D eigenvalue weighted by atomic mass is 32.1. The van der Waals surface area contributed by atoms with Crippen molar-refractivity contribution in [3.05, 3.63) is 71.6 Å². The molecule has 24 heavy (non-hydrogen) atoms. The van der Waals surface area contributed by atoms with E-state index in [0.29, 0.717) is 5.36 Å². The highest BCUT2D eigenvalue weighted by Gasteiger charge is 2.15. The number of hydrogen-bond acceptors (Lipinski definition) is 3. The number of benzene rings is 3. The molecule has 2 aromatic carbocycles. The average Bonchev–Trinajstić information content (AvgIpc) is 2.59. The summed E-state index contributed by atoms with van der Waals surface area (Å²) in [5, 5.41) is 9.69. The first-order valence-corrected chi connectivity index (χ1v) is 8.87. The fourth-order valence-corrected chi connectivity index (χ4v) is 4.30. The highest BCUT2D eigenvalue weighted by Crippen LogP contribution is 2.43. The molecule has 0 saturated heterocycles. The summed E-state index contributed by atoms with van der Waals surface area (Å²) >= 11 is 1.70. The molecule has 1 aliphatic carbocycles. The molecule has 0 bridgehead atoms. The van der Waals surface area contributed by atoms with Crippen molar-refractivity contribution < 1.29 is 0 Å². The van der Waals surface area contributed by atoms with Crippen molar-refractivity contribution in [2.75, 3.05) is 5.73 Å². The minimum atomic E-state index is 0.536. The summed E-state index contributed by atoms with van der Waals surface area (Å²) in [5.74, 6) is 0. The Hall–Kier alpha value is -2.65. The van der Waals surface area contributed by atoms with E-state index in [9.17, 15) is 0 Å². The number of aryl methyl sites for hydroxylation is 1. The maximum absolute atomic E-state index is 7.94. The minimum Gasteiger partial charge on any atom is -0.399 e. The van der Waals surface area contributed by atoms with Gasteiger partial charge < -0.3 is 11.1 Å². The lowest BCUT2D eigenvalue weighted by Crippen LogP contribution is -1.99. The molecular formula is C21H18N2S. The van der Waals surface area contributed by atoms with Gasteiger partial charge in [-0.15, -0.1) is 11.3 Å². The van der Waals surface area contributed by atoms with Crippen LogP contribution in [0.3, 0.4) is 0 Å². The summed E-state index contributed by atoms with van der Waals surface area (Å²) in [6.07, 6.45) is 1.04. The van der Waals surface area contributed by atoms with E-state index in [0.717, 1.165) is 21.7 Å². The van der Waals surface area contributed by atoms with Crippen molar-refractivity contribution in [2.24, 2.45) is 0 Å². The molecule has 2 aliphatic rings. The summed E-state index contributed by atoms with van der Waals surface area (Å²) in [4.78, 5) is 1.12. The van der Waals surface area contributed by atoms with E-state index >= 15 is 0 Å². The number of nitrogens with two attached hydrogens (primary N) is 1. The lowest BCUT2D eigenvalue weighted by molar-refractivity contribution is 1.14. The van der Waals surface area contributed by atoms with Gasteiger partial charge in [-0.1, -0.05) is 43.3 Å². The lowest BCUT2D eigenvalue weighted by Gasteiger charge is -2.16. The molecule has 2 aromatic rings. The number of anilines is 1. The van der Waals surface area contributed by atoms with Crippen LogP contribution < -0.4 is 11.1 Å².